The Morgan fingerprint density at radius 3 is 1.40 bits per heavy atom. The number of piperazine rings is 1. The minimum absolute atomic E-state index is 1.23. The molecule has 0 aromatic carbocycles. The third-order valence-electron chi connectivity index (χ3n) is 2.60. The van der Waals surface area contributed by atoms with Crippen LogP contribution in [0.4, 0.5) is 0 Å². The van der Waals surface area contributed by atoms with E-state index in [-0.39, 0.29) is 0 Å². The summed E-state index contributed by atoms with van der Waals surface area (Å²) in [6, 6.07) is 4.28. The van der Waals surface area contributed by atoms with E-state index in [1.165, 1.54) is 35.9 Å². The van der Waals surface area contributed by atoms with Crippen molar-refractivity contribution in [3.63, 3.8) is 0 Å². The Kier molecular flexibility index (Phi) is 5.29. The monoisotopic (exact) mass is 226 g/mol. The van der Waals surface area contributed by atoms with Gasteiger partial charge < -0.3 is 9.80 Å². The van der Waals surface area contributed by atoms with Crippen molar-refractivity contribution in [2.24, 2.45) is 0 Å². The summed E-state index contributed by atoms with van der Waals surface area (Å²) in [6.07, 6.45) is 0. The molecule has 0 N–H and O–H groups in total. The molecular formula is C12H22N2S. The zero-order chi connectivity index (χ0) is 11.3. The smallest absolute Gasteiger partial charge is 0.0107 e. The molecule has 0 aliphatic carbocycles. The average molecular weight is 226 g/mol. The molecule has 1 fully saturated rings. The van der Waals surface area contributed by atoms with E-state index < -0.39 is 0 Å². The van der Waals surface area contributed by atoms with E-state index >= 15 is 0 Å². The van der Waals surface area contributed by atoms with E-state index in [1.54, 1.807) is 0 Å². The summed E-state index contributed by atoms with van der Waals surface area (Å²) in [4.78, 5) is 7.52. The van der Waals surface area contributed by atoms with Crippen LogP contribution in [0.1, 0.15) is 9.75 Å². The molecule has 1 aromatic rings. The predicted octanol–water partition coefficient (Wildman–Crippen LogP) is 2.23. The van der Waals surface area contributed by atoms with Crippen LogP contribution in [0.25, 0.3) is 0 Å². The molecule has 2 heterocycles. The Hall–Kier alpha value is -0.380. The van der Waals surface area contributed by atoms with Gasteiger partial charge in [-0.15, -0.1) is 11.3 Å². The summed E-state index contributed by atoms with van der Waals surface area (Å²) in [7, 11) is 4.35. The number of thiophene rings is 1. The summed E-state index contributed by atoms with van der Waals surface area (Å²) >= 11 is 1.84. The molecule has 0 amide bonds. The standard InChI is InChI=1S/C6H14N2.C6H8S/c1-7-3-5-8(2)6-4-7;1-5-3-4-6(2)7-5/h3-6H2,1-2H3;3-4H,1-2H3. The SMILES string of the molecule is CN1CCN(C)CC1.Cc1ccc(C)s1. The second-order valence-electron chi connectivity index (χ2n) is 4.26. The van der Waals surface area contributed by atoms with Crippen LogP contribution in [0.3, 0.4) is 0 Å². The van der Waals surface area contributed by atoms with Gasteiger partial charge in [0.2, 0.25) is 0 Å². The molecular weight excluding hydrogens is 204 g/mol. The van der Waals surface area contributed by atoms with E-state index in [0.717, 1.165) is 0 Å². The summed E-state index contributed by atoms with van der Waals surface area (Å²) in [5.74, 6) is 0. The van der Waals surface area contributed by atoms with E-state index in [1.807, 2.05) is 11.3 Å². The molecule has 0 bridgehead atoms. The zero-order valence-corrected chi connectivity index (χ0v) is 11.1. The van der Waals surface area contributed by atoms with Gasteiger partial charge in [0.05, 0.1) is 0 Å². The Balaban J connectivity index is 0.000000151. The van der Waals surface area contributed by atoms with Crippen molar-refractivity contribution < 1.29 is 0 Å². The van der Waals surface area contributed by atoms with Crippen LogP contribution >= 0.6 is 11.3 Å². The van der Waals surface area contributed by atoms with Gasteiger partial charge in [-0.2, -0.15) is 0 Å². The van der Waals surface area contributed by atoms with Crippen LogP contribution in [0.5, 0.6) is 0 Å². The maximum atomic E-state index is 2.36. The third kappa shape index (κ3) is 5.30. The van der Waals surface area contributed by atoms with Gasteiger partial charge in [-0.3, -0.25) is 0 Å². The molecule has 0 spiro atoms. The number of aryl methyl sites for hydroxylation is 2. The molecule has 2 nitrogen and oxygen atoms in total. The minimum Gasteiger partial charge on any atom is -0.304 e. The number of hydrogen-bond donors (Lipinski definition) is 0. The highest BCUT2D eigenvalue weighted by molar-refractivity contribution is 7.11. The lowest BCUT2D eigenvalue weighted by atomic mass is 10.4. The lowest BCUT2D eigenvalue weighted by Gasteiger charge is -2.28. The Bertz CT molecular complexity index is 248. The summed E-state index contributed by atoms with van der Waals surface area (Å²) < 4.78 is 0. The number of rotatable bonds is 0. The van der Waals surface area contributed by atoms with Gasteiger partial charge in [-0.05, 0) is 40.1 Å². The van der Waals surface area contributed by atoms with E-state index in [2.05, 4.69) is 49.9 Å². The van der Waals surface area contributed by atoms with Crippen LogP contribution in [-0.4, -0.2) is 50.1 Å². The highest BCUT2D eigenvalue weighted by atomic mass is 32.1. The lowest BCUT2D eigenvalue weighted by Crippen LogP contribution is -2.42. The summed E-state index contributed by atoms with van der Waals surface area (Å²) in [6.45, 7) is 9.18. The molecule has 0 unspecified atom stereocenters. The molecule has 1 aromatic heterocycles. The van der Waals surface area contributed by atoms with Crippen LogP contribution in [0.2, 0.25) is 0 Å². The zero-order valence-electron chi connectivity index (χ0n) is 10.3. The second-order valence-corrected chi connectivity index (χ2v) is 5.76. The van der Waals surface area contributed by atoms with Gasteiger partial charge in [0, 0.05) is 35.9 Å². The van der Waals surface area contributed by atoms with Crippen molar-refractivity contribution in [1.29, 1.82) is 0 Å². The molecule has 86 valence electrons. The van der Waals surface area contributed by atoms with Crippen molar-refractivity contribution in [2.75, 3.05) is 40.3 Å². The second kappa shape index (κ2) is 6.26. The largest absolute Gasteiger partial charge is 0.304 e. The van der Waals surface area contributed by atoms with Gasteiger partial charge in [-0.1, -0.05) is 0 Å². The fraction of sp³-hybridized carbons (Fsp3) is 0.667. The van der Waals surface area contributed by atoms with Crippen molar-refractivity contribution in [3.8, 4) is 0 Å². The quantitative estimate of drug-likeness (QED) is 0.669. The number of likely N-dealkylation sites (N-methyl/N-ethyl adjacent to an activating group) is 2. The van der Waals surface area contributed by atoms with Crippen LogP contribution < -0.4 is 0 Å². The fourth-order valence-electron chi connectivity index (χ4n) is 1.46. The molecule has 3 heteroatoms. The summed E-state index contributed by atoms with van der Waals surface area (Å²) in [5.41, 5.74) is 0. The Morgan fingerprint density at radius 2 is 1.20 bits per heavy atom. The van der Waals surface area contributed by atoms with Gasteiger partial charge in [-0.25, -0.2) is 0 Å². The Morgan fingerprint density at radius 1 is 0.867 bits per heavy atom. The normalized spacial score (nSPS) is 18.4. The maximum absolute atomic E-state index is 2.36. The van der Waals surface area contributed by atoms with Crippen molar-refractivity contribution in [3.05, 3.63) is 21.9 Å². The molecule has 15 heavy (non-hydrogen) atoms. The first-order valence-electron chi connectivity index (χ1n) is 5.48. The topological polar surface area (TPSA) is 6.48 Å². The van der Waals surface area contributed by atoms with Gasteiger partial charge in [0.1, 0.15) is 0 Å². The number of nitrogens with zero attached hydrogens (tertiary/aromatic N) is 2. The summed E-state index contributed by atoms with van der Waals surface area (Å²) in [5, 5.41) is 0. The first kappa shape index (κ1) is 12.7. The van der Waals surface area contributed by atoms with Crippen molar-refractivity contribution in [1.82, 2.24) is 9.80 Å². The van der Waals surface area contributed by atoms with Gasteiger partial charge >= 0.3 is 0 Å². The number of hydrogen-bond acceptors (Lipinski definition) is 3. The molecule has 1 aliphatic heterocycles. The predicted molar refractivity (Wildman–Crippen MR) is 68.8 cm³/mol. The molecule has 0 radical (unpaired) electrons. The average Bonchev–Trinajstić information content (AvgIpc) is 2.56. The van der Waals surface area contributed by atoms with E-state index in [0.29, 0.717) is 0 Å². The Labute approximate surface area is 97.5 Å². The molecule has 0 atom stereocenters. The van der Waals surface area contributed by atoms with Gasteiger partial charge in [0.25, 0.3) is 0 Å². The van der Waals surface area contributed by atoms with Gasteiger partial charge in [0.15, 0.2) is 0 Å². The fourth-order valence-corrected chi connectivity index (χ4v) is 2.24. The maximum Gasteiger partial charge on any atom is 0.0107 e. The minimum atomic E-state index is 1.23. The molecule has 1 saturated heterocycles. The van der Waals surface area contributed by atoms with Crippen molar-refractivity contribution in [2.45, 2.75) is 13.8 Å². The van der Waals surface area contributed by atoms with Crippen LogP contribution in [0.15, 0.2) is 12.1 Å². The third-order valence-corrected chi connectivity index (χ3v) is 3.52. The van der Waals surface area contributed by atoms with E-state index in [4.69, 9.17) is 0 Å². The van der Waals surface area contributed by atoms with Crippen molar-refractivity contribution >= 4 is 11.3 Å². The highest BCUT2D eigenvalue weighted by Crippen LogP contribution is 2.12. The highest BCUT2D eigenvalue weighted by Gasteiger charge is 2.07. The molecule has 2 rings (SSSR count). The first-order chi connectivity index (χ1) is 7.08. The van der Waals surface area contributed by atoms with E-state index in [9.17, 15) is 0 Å². The first-order valence-corrected chi connectivity index (χ1v) is 6.29. The lowest BCUT2D eigenvalue weighted by molar-refractivity contribution is 0.181. The van der Waals surface area contributed by atoms with Crippen LogP contribution in [-0.2, 0) is 0 Å². The van der Waals surface area contributed by atoms with Crippen LogP contribution in [0, 0.1) is 13.8 Å². The molecule has 1 aliphatic rings. The molecule has 0 saturated carbocycles.